The summed E-state index contributed by atoms with van der Waals surface area (Å²) < 4.78 is 0. The van der Waals surface area contributed by atoms with Crippen molar-refractivity contribution in [1.29, 1.82) is 0 Å². The predicted molar refractivity (Wildman–Crippen MR) is 201 cm³/mol. The number of aryl methyl sites for hydroxylation is 4. The van der Waals surface area contributed by atoms with Crippen LogP contribution in [0.5, 0.6) is 11.5 Å². The molecule has 4 aromatic carbocycles. The first-order valence-electron chi connectivity index (χ1n) is 15.9. The van der Waals surface area contributed by atoms with Crippen LogP contribution in [0, 0.1) is 27.7 Å². The molecule has 0 amide bonds. The standard InChI is InChI=1S/2C14H22O.2C7H9.ClH.Zr/c2*1-13(2,3)10-7-8-12(15)11(9-10)14(4,5)6;2*1-6-3-4-7(2)5-6;;/h2*7-9,15H,1-6H3;2*3-5H,1-2H3;1H;/q;;2*-1;;+2. The Morgan fingerprint density at radius 1 is 0.478 bits per heavy atom. The number of benzene rings is 2. The third kappa shape index (κ3) is 16.1. The summed E-state index contributed by atoms with van der Waals surface area (Å²) in [5.41, 5.74) is 10.3. The monoisotopic (exact) mass is 724 g/mol. The van der Waals surface area contributed by atoms with E-state index in [4.69, 9.17) is 0 Å². The molecule has 0 spiro atoms. The Morgan fingerprint density at radius 3 is 0.913 bits per heavy atom. The van der Waals surface area contributed by atoms with Crippen LogP contribution in [0.2, 0.25) is 0 Å². The number of aromatic hydroxyl groups is 2. The maximum Gasteiger partial charge on any atom is 2.00 e. The van der Waals surface area contributed by atoms with E-state index in [0.29, 0.717) is 11.5 Å². The van der Waals surface area contributed by atoms with Gasteiger partial charge < -0.3 is 10.2 Å². The van der Waals surface area contributed by atoms with Crippen LogP contribution >= 0.6 is 12.4 Å². The van der Waals surface area contributed by atoms with Gasteiger partial charge in [0.05, 0.1) is 0 Å². The molecule has 2 nitrogen and oxygen atoms in total. The Labute approximate surface area is 308 Å². The second-order valence-electron chi connectivity index (χ2n) is 16.4. The molecule has 0 saturated carbocycles. The van der Waals surface area contributed by atoms with Crippen molar-refractivity contribution in [3.63, 3.8) is 0 Å². The largest absolute Gasteiger partial charge is 2.00 e. The van der Waals surface area contributed by atoms with Gasteiger partial charge in [-0.15, -0.1) is 12.4 Å². The summed E-state index contributed by atoms with van der Waals surface area (Å²) in [6, 6.07) is 24.7. The Hall–Kier alpha value is -2.09. The molecule has 0 bridgehead atoms. The zero-order chi connectivity index (χ0) is 34.3. The smallest absolute Gasteiger partial charge is 0.508 e. The molecular weight excluding hydrogens is 663 g/mol. The molecule has 46 heavy (non-hydrogen) atoms. The van der Waals surface area contributed by atoms with Gasteiger partial charge in [-0.3, -0.25) is 0 Å². The first-order chi connectivity index (χ1) is 19.8. The van der Waals surface area contributed by atoms with Gasteiger partial charge in [0.15, 0.2) is 0 Å². The number of hydrogen-bond acceptors (Lipinski definition) is 2. The van der Waals surface area contributed by atoms with Crippen molar-refractivity contribution in [3.8, 4) is 11.5 Å². The molecule has 0 aromatic heterocycles. The first kappa shape index (κ1) is 46.0. The van der Waals surface area contributed by atoms with E-state index in [9.17, 15) is 10.2 Å². The fourth-order valence-electron chi connectivity index (χ4n) is 4.64. The fraction of sp³-hybridized carbons (Fsp3) is 0.476. The van der Waals surface area contributed by atoms with E-state index in [1.54, 1.807) is 12.1 Å². The Kier molecular flexibility index (Phi) is 18.5. The fourth-order valence-corrected chi connectivity index (χ4v) is 4.64. The van der Waals surface area contributed by atoms with Crippen LogP contribution < -0.4 is 0 Å². The van der Waals surface area contributed by atoms with Gasteiger partial charge in [0.1, 0.15) is 11.5 Å². The first-order valence-corrected chi connectivity index (χ1v) is 15.9. The van der Waals surface area contributed by atoms with Crippen LogP contribution in [-0.4, -0.2) is 10.2 Å². The van der Waals surface area contributed by atoms with Gasteiger partial charge in [0, 0.05) is 0 Å². The van der Waals surface area contributed by atoms with E-state index in [0.717, 1.165) is 11.1 Å². The molecule has 0 unspecified atom stereocenters. The SMILES string of the molecule is CC(C)(C)c1ccc(O)c(C(C)(C)C)c1.CC(C)(C)c1ccc(O)c(C(C)(C)C)c1.Cc1cc[c-](C)c1.Cc1cc[c-](C)c1.Cl.[Zr+2]. The van der Waals surface area contributed by atoms with Crippen LogP contribution in [0.15, 0.2) is 72.8 Å². The quantitative estimate of drug-likeness (QED) is 0.177. The molecule has 0 aliphatic rings. The molecule has 2 N–H and O–H groups in total. The molecule has 0 heterocycles. The molecule has 0 atom stereocenters. The number of rotatable bonds is 0. The van der Waals surface area contributed by atoms with Gasteiger partial charge in [-0.2, -0.15) is 35.4 Å². The topological polar surface area (TPSA) is 40.5 Å². The van der Waals surface area contributed by atoms with Crippen LogP contribution in [-0.2, 0) is 47.9 Å². The number of hydrogen-bond donors (Lipinski definition) is 2. The summed E-state index contributed by atoms with van der Waals surface area (Å²) >= 11 is 0. The summed E-state index contributed by atoms with van der Waals surface area (Å²) in [5.74, 6) is 0.797. The van der Waals surface area contributed by atoms with Crippen LogP contribution in [0.25, 0.3) is 0 Å². The molecule has 0 aliphatic heterocycles. The minimum Gasteiger partial charge on any atom is -0.508 e. The average Bonchev–Trinajstić information content (AvgIpc) is 3.42. The van der Waals surface area contributed by atoms with Crippen molar-refractivity contribution in [2.24, 2.45) is 0 Å². The summed E-state index contributed by atoms with van der Waals surface area (Å²) in [5, 5.41) is 19.7. The normalized spacial score (nSPS) is 11.3. The molecule has 4 aromatic rings. The molecular formula is C42H63ClO2Zr. The summed E-state index contributed by atoms with van der Waals surface area (Å²) in [6.45, 7) is 34.3. The van der Waals surface area contributed by atoms with Crippen molar-refractivity contribution >= 4 is 12.4 Å². The van der Waals surface area contributed by atoms with E-state index >= 15 is 0 Å². The molecule has 254 valence electrons. The third-order valence-corrected chi connectivity index (χ3v) is 7.47. The zero-order valence-electron chi connectivity index (χ0n) is 31.7. The maximum atomic E-state index is 9.84. The van der Waals surface area contributed by atoms with Crippen molar-refractivity contribution in [2.75, 3.05) is 0 Å². The van der Waals surface area contributed by atoms with E-state index in [1.165, 1.54) is 33.4 Å². The van der Waals surface area contributed by atoms with Gasteiger partial charge in [-0.25, -0.2) is 23.3 Å². The molecule has 0 fully saturated rings. The van der Waals surface area contributed by atoms with Crippen molar-refractivity contribution < 1.29 is 36.4 Å². The van der Waals surface area contributed by atoms with Gasteiger partial charge in [-0.1, -0.05) is 135 Å². The van der Waals surface area contributed by atoms with Crippen molar-refractivity contribution in [2.45, 2.75) is 132 Å². The molecule has 0 saturated heterocycles. The van der Waals surface area contributed by atoms with Crippen molar-refractivity contribution in [3.05, 3.63) is 117 Å². The number of phenolic OH excluding ortho intramolecular Hbond substituents is 2. The van der Waals surface area contributed by atoms with E-state index in [1.807, 2.05) is 12.1 Å². The van der Waals surface area contributed by atoms with E-state index in [-0.39, 0.29) is 60.3 Å². The summed E-state index contributed by atoms with van der Waals surface area (Å²) in [7, 11) is 0. The molecule has 4 heteroatoms. The number of phenols is 2. The number of halogens is 1. The second kappa shape index (κ2) is 18.5. The molecule has 0 aliphatic carbocycles. The zero-order valence-corrected chi connectivity index (χ0v) is 35.0. The van der Waals surface area contributed by atoms with Crippen molar-refractivity contribution in [1.82, 2.24) is 0 Å². The van der Waals surface area contributed by atoms with Gasteiger partial charge in [-0.05, 0) is 56.0 Å². The minimum absolute atomic E-state index is 0. The summed E-state index contributed by atoms with van der Waals surface area (Å²) in [4.78, 5) is 0. The minimum atomic E-state index is -0.00859. The maximum absolute atomic E-state index is 9.84. The molecule has 4 rings (SSSR count). The van der Waals surface area contributed by atoms with Gasteiger partial charge >= 0.3 is 26.2 Å². The van der Waals surface area contributed by atoms with Crippen LogP contribution in [0.4, 0.5) is 0 Å². The summed E-state index contributed by atoms with van der Waals surface area (Å²) in [6.07, 6.45) is 0. The molecule has 0 radical (unpaired) electrons. The average molecular weight is 727 g/mol. The van der Waals surface area contributed by atoms with Gasteiger partial charge in [0.25, 0.3) is 0 Å². The van der Waals surface area contributed by atoms with E-state index < -0.39 is 0 Å². The second-order valence-corrected chi connectivity index (χ2v) is 16.4. The van der Waals surface area contributed by atoms with Crippen LogP contribution in [0.3, 0.4) is 0 Å². The van der Waals surface area contributed by atoms with Crippen LogP contribution in [0.1, 0.15) is 128 Å². The van der Waals surface area contributed by atoms with Gasteiger partial charge in [0.2, 0.25) is 0 Å². The third-order valence-electron chi connectivity index (χ3n) is 7.47. The van der Waals surface area contributed by atoms with E-state index in [2.05, 4.69) is 159 Å². The predicted octanol–water partition coefficient (Wildman–Crippen LogP) is 12.4. The Morgan fingerprint density at radius 2 is 0.761 bits per heavy atom. The Balaban J connectivity index is 0. The Bertz CT molecular complexity index is 1300.